The first kappa shape index (κ1) is 49.3. The van der Waals surface area contributed by atoms with Gasteiger partial charge in [0.15, 0.2) is 0 Å². The van der Waals surface area contributed by atoms with Crippen LogP contribution in [0.15, 0.2) is 122 Å². The van der Waals surface area contributed by atoms with Gasteiger partial charge in [-0.05, 0) is 99.2 Å². The number of carbonyl (C=O) groups is 6. The maximum Gasteiger partial charge on any atom is 0.330 e. The molecule has 0 radical (unpaired) electrons. The zero-order valence-corrected chi connectivity index (χ0v) is 41.2. The normalized spacial score (nSPS) is 16.6. The topological polar surface area (TPSA) is 199 Å². The third-order valence-electron chi connectivity index (χ3n) is 13.5. The molecule has 0 aliphatic carbocycles. The Kier molecular flexibility index (Phi) is 14.9. The van der Waals surface area contributed by atoms with Gasteiger partial charge in [-0.3, -0.25) is 18.7 Å². The zero-order chi connectivity index (χ0) is 50.5. The highest BCUT2D eigenvalue weighted by Crippen LogP contribution is 2.30. The van der Waals surface area contributed by atoms with Gasteiger partial charge in [0.25, 0.3) is 0 Å². The van der Waals surface area contributed by atoms with Crippen LogP contribution in [0.1, 0.15) is 71.9 Å². The lowest BCUT2D eigenvalue weighted by Gasteiger charge is -2.37. The van der Waals surface area contributed by atoms with E-state index in [9.17, 15) is 28.8 Å². The summed E-state index contributed by atoms with van der Waals surface area (Å²) < 4.78 is 3.32. The van der Waals surface area contributed by atoms with Gasteiger partial charge in [0.2, 0.25) is 11.8 Å². The van der Waals surface area contributed by atoms with Gasteiger partial charge in [0.05, 0.1) is 36.9 Å². The molecule has 0 bridgehead atoms. The van der Waals surface area contributed by atoms with Crippen LogP contribution >= 0.6 is 23.2 Å². The maximum absolute atomic E-state index is 13.6. The Morgan fingerprint density at radius 3 is 1.21 bits per heavy atom. The lowest BCUT2D eigenvalue weighted by molar-refractivity contribution is -0.135. The minimum atomic E-state index is -0.835. The van der Waals surface area contributed by atoms with Crippen molar-refractivity contribution in [1.82, 2.24) is 49.3 Å². The van der Waals surface area contributed by atoms with Gasteiger partial charge in [-0.15, -0.1) is 0 Å². The van der Waals surface area contributed by atoms with Crippen molar-refractivity contribution in [3.05, 3.63) is 166 Å². The molecule has 372 valence electrons. The summed E-state index contributed by atoms with van der Waals surface area (Å²) >= 11 is 11.8. The number of piperidine rings is 2. The fourth-order valence-electron chi connectivity index (χ4n) is 9.73. The average Bonchev–Trinajstić information content (AvgIpc) is 4.16. The van der Waals surface area contributed by atoms with Crippen LogP contribution in [0.3, 0.4) is 0 Å². The van der Waals surface area contributed by atoms with E-state index in [-0.39, 0.29) is 36.0 Å². The monoisotopic (exact) mass is 1010 g/mol. The van der Waals surface area contributed by atoms with Gasteiger partial charge in [-0.25, -0.2) is 29.1 Å². The standard InChI is InChI=1S/2C26H27ClN6O3/c2*1-17-28-15-22-16-32(26(36)33(17)22)21-11-13-31(14-12-21)24(34)23(18-5-3-2-4-6-18)30-25(35)29-20-9-7-19(27)8-10-20/h2*2-10,15,21,23H,11-14,16H2,1H3,(H2,29,30,35)/t2*23-/m10/s1. The number of fused-ring (bicyclic) bond motifs is 2. The first-order valence-corrected chi connectivity index (χ1v) is 24.6. The molecule has 0 saturated carbocycles. The van der Waals surface area contributed by atoms with E-state index in [4.69, 9.17) is 23.2 Å². The van der Waals surface area contributed by atoms with Crippen LogP contribution in [0.4, 0.5) is 30.6 Å². The van der Waals surface area contributed by atoms with Crippen LogP contribution in [-0.4, -0.2) is 113 Å². The van der Waals surface area contributed by atoms with Gasteiger partial charge in [-0.2, -0.15) is 0 Å². The van der Waals surface area contributed by atoms with E-state index >= 15 is 0 Å². The Hall–Kier alpha value is -7.70. The fraction of sp³-hybridized carbons (Fsp3) is 0.308. The number of nitrogens with one attached hydrogen (secondary N) is 4. The Bertz CT molecular complexity index is 2740. The first-order chi connectivity index (χ1) is 34.8. The molecule has 8 amide bonds. The number of rotatable bonds is 10. The second kappa shape index (κ2) is 21.7. The fourth-order valence-corrected chi connectivity index (χ4v) is 9.98. The van der Waals surface area contributed by atoms with Crippen LogP contribution < -0.4 is 21.3 Å². The van der Waals surface area contributed by atoms with Crippen molar-refractivity contribution in [3.63, 3.8) is 0 Å². The first-order valence-electron chi connectivity index (χ1n) is 23.8. The lowest BCUT2D eigenvalue weighted by Crippen LogP contribution is -2.50. The smallest absolute Gasteiger partial charge is 0.330 e. The van der Waals surface area contributed by atoms with E-state index in [2.05, 4.69) is 31.2 Å². The predicted octanol–water partition coefficient (Wildman–Crippen LogP) is 8.37. The Labute approximate surface area is 426 Å². The Morgan fingerprint density at radius 1 is 0.528 bits per heavy atom. The lowest BCUT2D eigenvalue weighted by atomic mass is 10.0. The number of likely N-dealkylation sites (tertiary alicyclic amines) is 2. The van der Waals surface area contributed by atoms with Crippen molar-refractivity contribution in [2.45, 2.75) is 76.8 Å². The molecule has 4 aliphatic heterocycles. The molecule has 10 rings (SSSR count). The molecule has 2 fully saturated rings. The highest BCUT2D eigenvalue weighted by atomic mass is 35.5. The molecule has 0 spiro atoms. The van der Waals surface area contributed by atoms with E-state index in [1.165, 1.54) is 0 Å². The number of urea groups is 2. The molecule has 4 aromatic carbocycles. The number of imidazole rings is 2. The van der Waals surface area contributed by atoms with E-state index in [1.807, 2.05) is 84.3 Å². The molecular formula is C52H54Cl2N12O6. The summed E-state index contributed by atoms with van der Waals surface area (Å²) in [6, 6.07) is 29.3. The van der Waals surface area contributed by atoms with E-state index < -0.39 is 24.1 Å². The van der Waals surface area contributed by atoms with Gasteiger partial charge in [-0.1, -0.05) is 83.9 Å². The summed E-state index contributed by atoms with van der Waals surface area (Å²) in [5, 5.41) is 12.3. The number of anilines is 2. The third-order valence-corrected chi connectivity index (χ3v) is 14.0. The van der Waals surface area contributed by atoms with Crippen LogP contribution in [0.5, 0.6) is 0 Å². The van der Waals surface area contributed by atoms with Crippen LogP contribution in [0.25, 0.3) is 0 Å². The molecule has 2 atom stereocenters. The minimum absolute atomic E-state index is 0.0486. The number of benzene rings is 4. The molecule has 6 heterocycles. The molecule has 4 N–H and O–H groups in total. The second-order valence-corrected chi connectivity index (χ2v) is 19.0. The van der Waals surface area contributed by atoms with Gasteiger partial charge >= 0.3 is 24.1 Å². The van der Waals surface area contributed by atoms with E-state index in [0.29, 0.717) is 109 Å². The highest BCUT2D eigenvalue weighted by molar-refractivity contribution is 6.31. The third kappa shape index (κ3) is 10.9. The number of aromatic nitrogens is 4. The quantitative estimate of drug-likeness (QED) is 0.105. The van der Waals surface area contributed by atoms with Crippen LogP contribution in [0, 0.1) is 13.8 Å². The number of aryl methyl sites for hydroxylation is 2. The Morgan fingerprint density at radius 2 is 0.875 bits per heavy atom. The summed E-state index contributed by atoms with van der Waals surface area (Å²) in [6.07, 6.45) is 6.19. The molecule has 2 aromatic heterocycles. The number of carbonyl (C=O) groups excluding carboxylic acids is 6. The van der Waals surface area contributed by atoms with Crippen molar-refractivity contribution in [2.75, 3.05) is 36.8 Å². The number of amides is 8. The highest BCUT2D eigenvalue weighted by Gasteiger charge is 2.39. The Balaban J connectivity index is 0.000000178. The van der Waals surface area contributed by atoms with E-state index in [1.54, 1.807) is 79.9 Å². The number of hydrogen-bond acceptors (Lipinski definition) is 8. The second-order valence-electron chi connectivity index (χ2n) is 18.1. The number of hydrogen-bond donors (Lipinski definition) is 4. The molecule has 20 heteroatoms. The zero-order valence-electron chi connectivity index (χ0n) is 39.7. The van der Waals surface area contributed by atoms with Gasteiger partial charge in [0, 0.05) is 59.7 Å². The van der Waals surface area contributed by atoms with Gasteiger partial charge < -0.3 is 40.9 Å². The minimum Gasteiger partial charge on any atom is -0.340 e. The van der Waals surface area contributed by atoms with Gasteiger partial charge in [0.1, 0.15) is 23.7 Å². The SMILES string of the molecule is Cc1ncc2n1C(=O)N(C1CCN(C(=O)[C@@H](NC(=O)Nc3ccc(Cl)cc3)c3ccccc3)CC1)C2.Cc1ncc2n1C(=O)N(C1CCN(C(=O)[C@H](NC(=O)Nc3ccc(Cl)cc3)c3ccccc3)CC1)C2. The van der Waals surface area contributed by atoms with E-state index in [0.717, 1.165) is 11.4 Å². The molecule has 0 unspecified atom stereocenters. The summed E-state index contributed by atoms with van der Waals surface area (Å²) in [7, 11) is 0. The largest absolute Gasteiger partial charge is 0.340 e. The van der Waals surface area contributed by atoms with Crippen molar-refractivity contribution >= 4 is 70.5 Å². The molecule has 4 aliphatic rings. The number of nitrogens with zero attached hydrogens (tertiary/aromatic N) is 8. The predicted molar refractivity (Wildman–Crippen MR) is 271 cm³/mol. The van der Waals surface area contributed by atoms with Crippen LogP contribution in [0.2, 0.25) is 10.0 Å². The van der Waals surface area contributed by atoms with Crippen molar-refractivity contribution in [2.24, 2.45) is 0 Å². The van der Waals surface area contributed by atoms with Crippen LogP contribution in [-0.2, 0) is 22.7 Å². The van der Waals surface area contributed by atoms with Crippen molar-refractivity contribution in [3.8, 4) is 0 Å². The summed E-state index contributed by atoms with van der Waals surface area (Å²) in [5.41, 5.74) is 4.35. The molecule has 6 aromatic rings. The molecular weight excluding hydrogens is 960 g/mol. The van der Waals surface area contributed by atoms with Crippen molar-refractivity contribution < 1.29 is 28.8 Å². The molecule has 2 saturated heterocycles. The molecule has 18 nitrogen and oxygen atoms in total. The average molecular weight is 1010 g/mol. The maximum atomic E-state index is 13.6. The molecule has 72 heavy (non-hydrogen) atoms. The summed E-state index contributed by atoms with van der Waals surface area (Å²) in [4.78, 5) is 94.2. The van der Waals surface area contributed by atoms with Crippen molar-refractivity contribution in [1.29, 1.82) is 0 Å². The summed E-state index contributed by atoms with van der Waals surface area (Å²) in [6.45, 7) is 6.74. The number of halogens is 2. The summed E-state index contributed by atoms with van der Waals surface area (Å²) in [5.74, 6) is 1.03.